The fourth-order valence-electron chi connectivity index (χ4n) is 3.01. The van der Waals surface area contributed by atoms with E-state index in [-0.39, 0.29) is 16.1 Å². The molecule has 0 spiro atoms. The molecule has 1 aliphatic rings. The van der Waals surface area contributed by atoms with Crippen molar-refractivity contribution in [2.24, 2.45) is 0 Å². The van der Waals surface area contributed by atoms with Gasteiger partial charge in [-0.15, -0.1) is 0 Å². The number of carboxylic acid groups (broad SMARTS) is 1. The molecule has 6 nitrogen and oxygen atoms in total. The van der Waals surface area contributed by atoms with Gasteiger partial charge in [-0.25, -0.2) is 13.2 Å². The highest BCUT2D eigenvalue weighted by molar-refractivity contribution is 7.92. The molecule has 3 rings (SSSR count). The van der Waals surface area contributed by atoms with E-state index < -0.39 is 27.7 Å². The Morgan fingerprint density at radius 1 is 1.04 bits per heavy atom. The van der Waals surface area contributed by atoms with Gasteiger partial charge in [-0.1, -0.05) is 0 Å². The Bertz CT molecular complexity index is 983. The molecule has 0 aliphatic carbocycles. The van der Waals surface area contributed by atoms with Crippen LogP contribution < -0.4 is 9.62 Å². The van der Waals surface area contributed by atoms with E-state index in [1.54, 1.807) is 0 Å². The zero-order valence-corrected chi connectivity index (χ0v) is 15.3. The van der Waals surface area contributed by atoms with Gasteiger partial charge < -0.3 is 10.0 Å². The first-order valence-corrected chi connectivity index (χ1v) is 9.88. The molecule has 1 heterocycles. The third-order valence-electron chi connectivity index (χ3n) is 4.43. The quantitative estimate of drug-likeness (QED) is 0.777. The molecule has 2 aromatic carbocycles. The van der Waals surface area contributed by atoms with Crippen molar-refractivity contribution in [2.75, 3.05) is 22.7 Å². The highest BCUT2D eigenvalue weighted by Crippen LogP contribution is 2.37. The number of rotatable bonds is 5. The van der Waals surface area contributed by atoms with Crippen molar-refractivity contribution in [3.05, 3.63) is 53.6 Å². The molecule has 150 valence electrons. The number of benzene rings is 2. The second kappa shape index (κ2) is 7.34. The lowest BCUT2D eigenvalue weighted by Crippen LogP contribution is -2.22. The van der Waals surface area contributed by atoms with Gasteiger partial charge in [0.15, 0.2) is 0 Å². The number of sulfonamides is 1. The van der Waals surface area contributed by atoms with Crippen molar-refractivity contribution < 1.29 is 31.5 Å². The van der Waals surface area contributed by atoms with Crippen LogP contribution in [0.25, 0.3) is 0 Å². The van der Waals surface area contributed by atoms with Crippen molar-refractivity contribution in [3.63, 3.8) is 0 Å². The number of alkyl halides is 3. The Morgan fingerprint density at radius 3 is 2.18 bits per heavy atom. The monoisotopic (exact) mass is 414 g/mol. The van der Waals surface area contributed by atoms with E-state index in [2.05, 4.69) is 4.72 Å². The van der Waals surface area contributed by atoms with Gasteiger partial charge in [-0.2, -0.15) is 13.2 Å². The number of nitrogens with zero attached hydrogens (tertiary/aromatic N) is 1. The Kier molecular flexibility index (Phi) is 5.24. The van der Waals surface area contributed by atoms with Gasteiger partial charge >= 0.3 is 12.1 Å². The van der Waals surface area contributed by atoms with Gasteiger partial charge in [-0.3, -0.25) is 4.72 Å². The molecule has 0 aromatic heterocycles. The van der Waals surface area contributed by atoms with E-state index in [1.807, 2.05) is 4.90 Å². The number of nitrogens with one attached hydrogen (secondary N) is 1. The molecule has 0 radical (unpaired) electrons. The minimum absolute atomic E-state index is 0.101. The van der Waals surface area contributed by atoms with Crippen molar-refractivity contribution in [3.8, 4) is 0 Å². The fraction of sp³-hybridized carbons (Fsp3) is 0.278. The zero-order chi connectivity index (χ0) is 20.5. The van der Waals surface area contributed by atoms with Crippen LogP contribution >= 0.6 is 0 Å². The highest BCUT2D eigenvalue weighted by Gasteiger charge is 2.32. The molecule has 1 saturated heterocycles. The van der Waals surface area contributed by atoms with Crippen LogP contribution in [0.1, 0.15) is 28.8 Å². The Balaban J connectivity index is 1.99. The van der Waals surface area contributed by atoms with Gasteiger partial charge in [0.25, 0.3) is 10.0 Å². The number of halogens is 3. The molecule has 2 aromatic rings. The molecule has 0 atom stereocenters. The number of hydrogen-bond donors (Lipinski definition) is 2. The molecule has 1 fully saturated rings. The summed E-state index contributed by atoms with van der Waals surface area (Å²) in [5.74, 6) is -1.22. The zero-order valence-electron chi connectivity index (χ0n) is 14.5. The summed E-state index contributed by atoms with van der Waals surface area (Å²) in [5, 5.41) is 8.90. The minimum atomic E-state index is -4.62. The number of hydrogen-bond acceptors (Lipinski definition) is 4. The van der Waals surface area contributed by atoms with E-state index in [1.165, 1.54) is 6.07 Å². The van der Waals surface area contributed by atoms with Crippen LogP contribution in [0.2, 0.25) is 0 Å². The maximum atomic E-state index is 13.1. The Hall–Kier alpha value is -2.75. The van der Waals surface area contributed by atoms with Crippen LogP contribution in [-0.2, 0) is 16.2 Å². The largest absolute Gasteiger partial charge is 0.478 e. The van der Waals surface area contributed by atoms with Gasteiger partial charge in [0.05, 0.1) is 27.4 Å². The van der Waals surface area contributed by atoms with E-state index in [4.69, 9.17) is 5.11 Å². The van der Waals surface area contributed by atoms with Gasteiger partial charge in [0.1, 0.15) is 0 Å². The summed E-state index contributed by atoms with van der Waals surface area (Å²) in [4.78, 5) is 12.5. The lowest BCUT2D eigenvalue weighted by Gasteiger charge is -2.23. The van der Waals surface area contributed by atoms with Crippen molar-refractivity contribution in [1.29, 1.82) is 0 Å². The number of carbonyl (C=O) groups is 1. The molecule has 0 bridgehead atoms. The number of aromatic carboxylic acids is 1. The van der Waals surface area contributed by atoms with Crippen molar-refractivity contribution in [1.82, 2.24) is 0 Å². The first kappa shape index (κ1) is 20.0. The van der Waals surface area contributed by atoms with Crippen LogP contribution in [0.4, 0.5) is 24.5 Å². The summed E-state index contributed by atoms with van der Waals surface area (Å²) in [6.45, 7) is 1.24. The SMILES string of the molecule is O=C(O)c1ccc(S(=O)(=O)Nc2cc(C(F)(F)F)ccc2N2CCCC2)cc1. The molecular weight excluding hydrogens is 397 g/mol. The first-order chi connectivity index (χ1) is 13.1. The standard InChI is InChI=1S/C18H17F3N2O4S/c19-18(20,21)13-5-8-16(23-9-1-2-10-23)15(11-13)22-28(26,27)14-6-3-12(4-7-14)17(24)25/h3-8,11,22H,1-2,9-10H2,(H,24,25). The summed E-state index contributed by atoms with van der Waals surface area (Å²) in [5.41, 5.74) is -0.861. The van der Waals surface area contributed by atoms with Gasteiger partial charge in [0.2, 0.25) is 0 Å². The summed E-state index contributed by atoms with van der Waals surface area (Å²) >= 11 is 0. The van der Waals surface area contributed by atoms with Crippen LogP contribution in [-0.4, -0.2) is 32.6 Å². The van der Waals surface area contributed by atoms with Gasteiger partial charge in [-0.05, 0) is 55.3 Å². The lowest BCUT2D eigenvalue weighted by atomic mass is 10.1. The minimum Gasteiger partial charge on any atom is -0.478 e. The van der Waals surface area contributed by atoms with E-state index in [0.29, 0.717) is 18.8 Å². The second-order valence-electron chi connectivity index (χ2n) is 6.36. The fourth-order valence-corrected chi connectivity index (χ4v) is 4.07. The average Bonchev–Trinajstić information content (AvgIpc) is 3.15. The smallest absolute Gasteiger partial charge is 0.416 e. The molecule has 2 N–H and O–H groups in total. The molecule has 1 aliphatic heterocycles. The van der Waals surface area contributed by atoms with Crippen LogP contribution in [0.5, 0.6) is 0 Å². The maximum Gasteiger partial charge on any atom is 0.416 e. The first-order valence-electron chi connectivity index (χ1n) is 8.40. The molecule has 0 saturated carbocycles. The summed E-state index contributed by atoms with van der Waals surface area (Å²) in [7, 11) is -4.21. The molecule has 0 unspecified atom stereocenters. The third kappa shape index (κ3) is 4.22. The van der Waals surface area contributed by atoms with Crippen molar-refractivity contribution >= 4 is 27.4 Å². The molecule has 10 heteroatoms. The average molecular weight is 414 g/mol. The maximum absolute atomic E-state index is 13.1. The predicted molar refractivity (Wildman–Crippen MR) is 97.1 cm³/mol. The topological polar surface area (TPSA) is 86.7 Å². The second-order valence-corrected chi connectivity index (χ2v) is 8.04. The normalized spacial score (nSPS) is 14.9. The summed E-state index contributed by atoms with van der Waals surface area (Å²) < 4.78 is 66.8. The summed E-state index contributed by atoms with van der Waals surface area (Å²) in [6.07, 6.45) is -2.89. The van der Waals surface area contributed by atoms with Crippen LogP contribution in [0.3, 0.4) is 0 Å². The molecule has 28 heavy (non-hydrogen) atoms. The number of carboxylic acids is 1. The van der Waals surface area contributed by atoms with E-state index >= 15 is 0 Å². The molecule has 0 amide bonds. The molecular formula is C18H17F3N2O4S. The third-order valence-corrected chi connectivity index (χ3v) is 5.81. The summed E-state index contributed by atoms with van der Waals surface area (Å²) in [6, 6.07) is 7.38. The lowest BCUT2D eigenvalue weighted by molar-refractivity contribution is -0.137. The Labute approximate surface area is 159 Å². The number of anilines is 2. The highest BCUT2D eigenvalue weighted by atomic mass is 32.2. The van der Waals surface area contributed by atoms with E-state index in [9.17, 15) is 26.4 Å². The van der Waals surface area contributed by atoms with Crippen LogP contribution in [0, 0.1) is 0 Å². The predicted octanol–water partition coefficient (Wildman–Crippen LogP) is 3.80. The Morgan fingerprint density at radius 2 is 1.64 bits per heavy atom. The van der Waals surface area contributed by atoms with E-state index in [0.717, 1.165) is 49.2 Å². The van der Waals surface area contributed by atoms with Crippen molar-refractivity contribution in [2.45, 2.75) is 23.9 Å². The van der Waals surface area contributed by atoms with Crippen LogP contribution in [0.15, 0.2) is 47.4 Å². The van der Waals surface area contributed by atoms with Gasteiger partial charge in [0, 0.05) is 13.1 Å².